The number of ether oxygens (including phenoxy) is 2. The van der Waals surface area contributed by atoms with Crippen LogP contribution in [0.3, 0.4) is 0 Å². The quantitative estimate of drug-likeness (QED) is 0.814. The van der Waals surface area contributed by atoms with E-state index in [1.54, 1.807) is 0 Å². The Morgan fingerprint density at radius 1 is 1.37 bits per heavy atom. The summed E-state index contributed by atoms with van der Waals surface area (Å²) in [6.45, 7) is 7.32. The summed E-state index contributed by atoms with van der Waals surface area (Å²) in [5, 5.41) is 4.19. The third-order valence-corrected chi connectivity index (χ3v) is 3.95. The van der Waals surface area contributed by atoms with Crippen molar-refractivity contribution in [3.05, 3.63) is 28.3 Å². The molecule has 19 heavy (non-hydrogen) atoms. The molecule has 1 saturated heterocycles. The highest BCUT2D eigenvalue weighted by Gasteiger charge is 2.14. The summed E-state index contributed by atoms with van der Waals surface area (Å²) in [5.74, 6) is 0.887. The van der Waals surface area contributed by atoms with Gasteiger partial charge in [-0.3, -0.25) is 0 Å². The lowest BCUT2D eigenvalue weighted by molar-refractivity contribution is 0.109. The Bertz CT molecular complexity index is 394. The lowest BCUT2D eigenvalue weighted by atomic mass is 10.1. The fourth-order valence-corrected chi connectivity index (χ4v) is 2.41. The SMILES string of the molecule is Cc1cc(OCCNCC2CCCO2)cc(C)c1Cl. The van der Waals surface area contributed by atoms with Crippen LogP contribution >= 0.6 is 11.6 Å². The van der Waals surface area contributed by atoms with E-state index in [0.29, 0.717) is 12.7 Å². The number of nitrogens with one attached hydrogen (secondary N) is 1. The summed E-state index contributed by atoms with van der Waals surface area (Å²) in [6.07, 6.45) is 2.75. The maximum absolute atomic E-state index is 6.12. The molecule has 4 heteroatoms. The van der Waals surface area contributed by atoms with Crippen molar-refractivity contribution in [2.75, 3.05) is 26.3 Å². The zero-order valence-corrected chi connectivity index (χ0v) is 12.4. The van der Waals surface area contributed by atoms with Crippen molar-refractivity contribution in [2.45, 2.75) is 32.8 Å². The minimum atomic E-state index is 0.389. The van der Waals surface area contributed by atoms with Gasteiger partial charge < -0.3 is 14.8 Å². The van der Waals surface area contributed by atoms with Crippen LogP contribution in [0.2, 0.25) is 5.02 Å². The second kappa shape index (κ2) is 7.13. The Morgan fingerprint density at radius 2 is 2.11 bits per heavy atom. The highest BCUT2D eigenvalue weighted by molar-refractivity contribution is 6.32. The van der Waals surface area contributed by atoms with Crippen LogP contribution in [-0.2, 0) is 4.74 Å². The Kier molecular flexibility index (Phi) is 5.49. The zero-order chi connectivity index (χ0) is 13.7. The van der Waals surface area contributed by atoms with E-state index in [4.69, 9.17) is 21.1 Å². The van der Waals surface area contributed by atoms with Gasteiger partial charge in [0.15, 0.2) is 0 Å². The maximum Gasteiger partial charge on any atom is 0.119 e. The first-order chi connectivity index (χ1) is 9.16. The molecule has 0 aliphatic carbocycles. The van der Waals surface area contributed by atoms with E-state index in [2.05, 4.69) is 5.32 Å². The highest BCUT2D eigenvalue weighted by atomic mass is 35.5. The molecule has 1 unspecified atom stereocenters. The molecule has 1 fully saturated rings. The second-order valence-corrected chi connectivity index (χ2v) is 5.44. The van der Waals surface area contributed by atoms with Crippen molar-refractivity contribution in [3.8, 4) is 5.75 Å². The van der Waals surface area contributed by atoms with Gasteiger partial charge in [-0.05, 0) is 49.9 Å². The van der Waals surface area contributed by atoms with Crippen LogP contribution in [-0.4, -0.2) is 32.4 Å². The van der Waals surface area contributed by atoms with E-state index in [0.717, 1.165) is 41.6 Å². The van der Waals surface area contributed by atoms with Crippen LogP contribution in [0.25, 0.3) is 0 Å². The van der Waals surface area contributed by atoms with Gasteiger partial charge in [0, 0.05) is 24.7 Å². The van der Waals surface area contributed by atoms with Crippen LogP contribution in [0.15, 0.2) is 12.1 Å². The van der Waals surface area contributed by atoms with Crippen molar-refractivity contribution in [3.63, 3.8) is 0 Å². The first-order valence-electron chi connectivity index (χ1n) is 6.88. The van der Waals surface area contributed by atoms with Crippen molar-refractivity contribution in [2.24, 2.45) is 0 Å². The van der Waals surface area contributed by atoms with Gasteiger partial charge in [0.2, 0.25) is 0 Å². The molecular weight excluding hydrogens is 262 g/mol. The molecule has 3 nitrogen and oxygen atoms in total. The molecule has 1 atom stereocenters. The Hall–Kier alpha value is -0.770. The molecule has 1 N–H and O–H groups in total. The van der Waals surface area contributed by atoms with Gasteiger partial charge in [0.05, 0.1) is 6.10 Å². The Labute approximate surface area is 120 Å². The number of hydrogen-bond acceptors (Lipinski definition) is 3. The molecular formula is C15H22ClNO2. The normalized spacial score (nSPS) is 18.8. The smallest absolute Gasteiger partial charge is 0.119 e. The van der Waals surface area contributed by atoms with Crippen molar-refractivity contribution < 1.29 is 9.47 Å². The van der Waals surface area contributed by atoms with E-state index in [1.165, 1.54) is 12.8 Å². The summed E-state index contributed by atoms with van der Waals surface area (Å²) in [6, 6.07) is 3.96. The molecule has 0 spiro atoms. The van der Waals surface area contributed by atoms with Crippen LogP contribution in [0, 0.1) is 13.8 Å². The van der Waals surface area contributed by atoms with Crippen molar-refractivity contribution >= 4 is 11.6 Å². The molecule has 1 aliphatic heterocycles. The van der Waals surface area contributed by atoms with Crippen molar-refractivity contribution in [1.29, 1.82) is 0 Å². The molecule has 1 aromatic carbocycles. The Balaban J connectivity index is 1.67. The standard InChI is InChI=1S/C15H22ClNO2/c1-11-8-14(9-12(2)15(11)16)19-7-5-17-10-13-4-3-6-18-13/h8-9,13,17H,3-7,10H2,1-2H3. The molecule has 106 valence electrons. The van der Waals surface area contributed by atoms with E-state index < -0.39 is 0 Å². The van der Waals surface area contributed by atoms with Gasteiger partial charge in [-0.1, -0.05) is 11.6 Å². The first-order valence-corrected chi connectivity index (χ1v) is 7.26. The molecule has 1 aliphatic rings. The average molecular weight is 284 g/mol. The molecule has 0 amide bonds. The lowest BCUT2D eigenvalue weighted by Crippen LogP contribution is -2.29. The van der Waals surface area contributed by atoms with Crippen molar-refractivity contribution in [1.82, 2.24) is 5.32 Å². The minimum Gasteiger partial charge on any atom is -0.492 e. The number of aryl methyl sites for hydroxylation is 2. The van der Waals surface area contributed by atoms with E-state index in [1.807, 2.05) is 26.0 Å². The Morgan fingerprint density at radius 3 is 2.74 bits per heavy atom. The average Bonchev–Trinajstić information content (AvgIpc) is 2.88. The van der Waals surface area contributed by atoms with Gasteiger partial charge in [-0.2, -0.15) is 0 Å². The number of halogens is 1. The summed E-state index contributed by atoms with van der Waals surface area (Å²) in [7, 11) is 0. The van der Waals surface area contributed by atoms with Crippen LogP contribution < -0.4 is 10.1 Å². The lowest BCUT2D eigenvalue weighted by Gasteiger charge is -2.12. The fourth-order valence-electron chi connectivity index (χ4n) is 2.30. The molecule has 2 rings (SSSR count). The van der Waals surface area contributed by atoms with E-state index in [9.17, 15) is 0 Å². The maximum atomic E-state index is 6.12. The van der Waals surface area contributed by atoms with Gasteiger partial charge in [0.25, 0.3) is 0 Å². The predicted molar refractivity (Wildman–Crippen MR) is 78.3 cm³/mol. The van der Waals surface area contributed by atoms with Gasteiger partial charge >= 0.3 is 0 Å². The minimum absolute atomic E-state index is 0.389. The third kappa shape index (κ3) is 4.37. The summed E-state index contributed by atoms with van der Waals surface area (Å²) < 4.78 is 11.3. The van der Waals surface area contributed by atoms with Gasteiger partial charge in [-0.25, -0.2) is 0 Å². The summed E-state index contributed by atoms with van der Waals surface area (Å²) in [5.41, 5.74) is 2.12. The second-order valence-electron chi connectivity index (χ2n) is 5.06. The molecule has 0 bridgehead atoms. The summed E-state index contributed by atoms with van der Waals surface area (Å²) in [4.78, 5) is 0. The monoisotopic (exact) mass is 283 g/mol. The van der Waals surface area contributed by atoms with Crippen LogP contribution in [0.4, 0.5) is 0 Å². The molecule has 1 aromatic rings. The van der Waals surface area contributed by atoms with E-state index in [-0.39, 0.29) is 0 Å². The topological polar surface area (TPSA) is 30.5 Å². The molecule has 0 aromatic heterocycles. The largest absolute Gasteiger partial charge is 0.492 e. The van der Waals surface area contributed by atoms with Gasteiger partial charge in [-0.15, -0.1) is 0 Å². The first kappa shape index (κ1) is 14.6. The van der Waals surface area contributed by atoms with E-state index >= 15 is 0 Å². The predicted octanol–water partition coefficient (Wildman–Crippen LogP) is 3.10. The number of benzene rings is 1. The third-order valence-electron chi connectivity index (χ3n) is 3.35. The van der Waals surface area contributed by atoms with Gasteiger partial charge in [0.1, 0.15) is 12.4 Å². The number of rotatable bonds is 6. The molecule has 0 saturated carbocycles. The summed E-state index contributed by atoms with van der Waals surface area (Å²) >= 11 is 6.12. The number of hydrogen-bond donors (Lipinski definition) is 1. The highest BCUT2D eigenvalue weighted by Crippen LogP contribution is 2.25. The molecule has 0 radical (unpaired) electrons. The van der Waals surface area contributed by atoms with Crippen LogP contribution in [0.1, 0.15) is 24.0 Å². The van der Waals surface area contributed by atoms with Crippen LogP contribution in [0.5, 0.6) is 5.75 Å². The molecule has 1 heterocycles. The zero-order valence-electron chi connectivity index (χ0n) is 11.7. The fraction of sp³-hybridized carbons (Fsp3) is 0.600.